The number of anilines is 1. The van der Waals surface area contributed by atoms with E-state index >= 15 is 0 Å². The molecule has 0 atom stereocenters. The lowest BCUT2D eigenvalue weighted by atomic mass is 10.4. The van der Waals surface area contributed by atoms with E-state index in [1.807, 2.05) is 17.1 Å². The lowest BCUT2D eigenvalue weighted by molar-refractivity contribution is 0.0398. The Hall–Kier alpha value is -0.960. The van der Waals surface area contributed by atoms with E-state index in [2.05, 4.69) is 36.2 Å². The summed E-state index contributed by atoms with van der Waals surface area (Å²) in [4.78, 5) is 8.02. The summed E-state index contributed by atoms with van der Waals surface area (Å²) >= 11 is 5.08. The first-order valence-electron chi connectivity index (χ1n) is 6.96. The number of halogens is 1. The minimum Gasteiger partial charge on any atom is -0.379 e. The molecule has 0 unspecified atom stereocenters. The van der Waals surface area contributed by atoms with Crippen LogP contribution >= 0.6 is 27.3 Å². The van der Waals surface area contributed by atoms with Gasteiger partial charge in [-0.3, -0.25) is 9.58 Å². The van der Waals surface area contributed by atoms with Crippen molar-refractivity contribution in [1.82, 2.24) is 19.7 Å². The highest BCUT2D eigenvalue weighted by Gasteiger charge is 2.10. The van der Waals surface area contributed by atoms with Gasteiger partial charge in [0.1, 0.15) is 0 Å². The van der Waals surface area contributed by atoms with E-state index in [1.54, 1.807) is 17.5 Å². The Bertz CT molecular complexity index is 566. The van der Waals surface area contributed by atoms with Crippen LogP contribution in [0.5, 0.6) is 0 Å². The molecule has 6 nitrogen and oxygen atoms in total. The summed E-state index contributed by atoms with van der Waals surface area (Å²) < 4.78 is 8.24. The molecule has 21 heavy (non-hydrogen) atoms. The molecule has 3 heterocycles. The van der Waals surface area contributed by atoms with Crippen molar-refractivity contribution in [2.75, 3.05) is 44.7 Å². The third-order valence-corrected chi connectivity index (χ3v) is 4.63. The monoisotopic (exact) mass is 371 g/mol. The second-order valence-corrected chi connectivity index (χ2v) is 6.90. The predicted molar refractivity (Wildman–Crippen MR) is 86.9 cm³/mol. The second-order valence-electron chi connectivity index (χ2n) is 4.87. The number of hydrogen-bond acceptors (Lipinski definition) is 6. The Morgan fingerprint density at radius 3 is 2.95 bits per heavy atom. The number of nitrogens with one attached hydrogen (secondary N) is 1. The number of aromatic nitrogens is 3. The molecule has 2 aromatic rings. The van der Waals surface area contributed by atoms with Gasteiger partial charge in [0.15, 0.2) is 5.13 Å². The Kier molecular flexibility index (Phi) is 5.23. The molecule has 8 heteroatoms. The van der Waals surface area contributed by atoms with Gasteiger partial charge in [-0.1, -0.05) is 0 Å². The van der Waals surface area contributed by atoms with Crippen LogP contribution < -0.4 is 5.32 Å². The Morgan fingerprint density at radius 1 is 1.33 bits per heavy atom. The van der Waals surface area contributed by atoms with Gasteiger partial charge < -0.3 is 10.1 Å². The van der Waals surface area contributed by atoms with E-state index in [0.29, 0.717) is 0 Å². The molecule has 0 aromatic carbocycles. The molecule has 0 radical (unpaired) electrons. The van der Waals surface area contributed by atoms with Crippen molar-refractivity contribution in [3.63, 3.8) is 0 Å². The molecule has 114 valence electrons. The van der Waals surface area contributed by atoms with Gasteiger partial charge in [-0.25, -0.2) is 4.98 Å². The number of ether oxygens (including phenoxy) is 1. The minimum atomic E-state index is 0.758. The van der Waals surface area contributed by atoms with E-state index in [4.69, 9.17) is 4.74 Å². The van der Waals surface area contributed by atoms with Gasteiger partial charge in [-0.15, -0.1) is 11.3 Å². The zero-order valence-corrected chi connectivity index (χ0v) is 14.1. The summed E-state index contributed by atoms with van der Waals surface area (Å²) in [6.45, 7) is 6.46. The largest absolute Gasteiger partial charge is 0.379 e. The summed E-state index contributed by atoms with van der Waals surface area (Å²) in [5, 5.41) is 8.62. The molecule has 0 spiro atoms. The molecule has 0 saturated carbocycles. The molecule has 1 fully saturated rings. The summed E-state index contributed by atoms with van der Waals surface area (Å²) in [6, 6.07) is 0. The highest BCUT2D eigenvalue weighted by molar-refractivity contribution is 9.10. The van der Waals surface area contributed by atoms with E-state index in [0.717, 1.165) is 55.5 Å². The van der Waals surface area contributed by atoms with Crippen LogP contribution in [-0.2, 0) is 11.3 Å². The van der Waals surface area contributed by atoms with Gasteiger partial charge >= 0.3 is 0 Å². The first-order valence-corrected chi connectivity index (χ1v) is 8.57. The lowest BCUT2D eigenvalue weighted by Crippen LogP contribution is -2.38. The highest BCUT2D eigenvalue weighted by Crippen LogP contribution is 2.19. The number of morpholine rings is 1. The predicted octanol–water partition coefficient (Wildman–Crippen LogP) is 1.89. The first-order chi connectivity index (χ1) is 10.3. The van der Waals surface area contributed by atoms with E-state index in [1.165, 1.54) is 4.88 Å². The minimum absolute atomic E-state index is 0.758. The molecular weight excluding hydrogens is 354 g/mol. The maximum Gasteiger partial charge on any atom is 0.182 e. The summed E-state index contributed by atoms with van der Waals surface area (Å²) in [5.74, 6) is 0. The third kappa shape index (κ3) is 4.50. The fourth-order valence-corrected chi connectivity index (χ4v) is 3.35. The molecule has 0 amide bonds. The average Bonchev–Trinajstić information content (AvgIpc) is 3.10. The van der Waals surface area contributed by atoms with Crippen LogP contribution in [0.2, 0.25) is 0 Å². The van der Waals surface area contributed by atoms with E-state index < -0.39 is 0 Å². The molecular formula is C13H18BrN5OS. The molecule has 0 bridgehead atoms. The fraction of sp³-hybridized carbons (Fsp3) is 0.538. The number of thiazole rings is 1. The third-order valence-electron chi connectivity index (χ3n) is 3.28. The van der Waals surface area contributed by atoms with Gasteiger partial charge in [0.25, 0.3) is 0 Å². The van der Waals surface area contributed by atoms with Crippen molar-refractivity contribution in [1.29, 1.82) is 0 Å². The van der Waals surface area contributed by atoms with Gasteiger partial charge in [0.2, 0.25) is 0 Å². The molecule has 1 aliphatic heterocycles. The number of hydrogen-bond donors (Lipinski definition) is 1. The normalized spacial score (nSPS) is 16.2. The fourth-order valence-electron chi connectivity index (χ4n) is 2.19. The van der Waals surface area contributed by atoms with Crippen molar-refractivity contribution in [2.45, 2.75) is 6.54 Å². The molecule has 1 aliphatic rings. The number of rotatable bonds is 6. The van der Waals surface area contributed by atoms with Crippen molar-refractivity contribution in [2.24, 2.45) is 0 Å². The SMILES string of the molecule is Brc1cnn(Cc2cnc(NCCN3CCOCC3)s2)c1. The van der Waals surface area contributed by atoms with Gasteiger partial charge in [-0.2, -0.15) is 5.10 Å². The van der Waals surface area contributed by atoms with Crippen LogP contribution in [0.1, 0.15) is 4.88 Å². The summed E-state index contributed by atoms with van der Waals surface area (Å²) in [7, 11) is 0. The standard InChI is InChI=1S/C13H18BrN5OS/c14-11-7-17-19(9-11)10-12-8-16-13(21-12)15-1-2-18-3-5-20-6-4-18/h7-9H,1-6,10H2,(H,15,16). The van der Waals surface area contributed by atoms with Gasteiger partial charge in [0.05, 0.1) is 30.4 Å². The highest BCUT2D eigenvalue weighted by atomic mass is 79.9. The molecule has 3 rings (SSSR count). The maximum absolute atomic E-state index is 5.34. The van der Waals surface area contributed by atoms with Crippen LogP contribution in [0.3, 0.4) is 0 Å². The molecule has 1 saturated heterocycles. The molecule has 2 aromatic heterocycles. The van der Waals surface area contributed by atoms with Crippen LogP contribution in [-0.4, -0.2) is 59.1 Å². The molecule has 1 N–H and O–H groups in total. The Balaban J connectivity index is 1.44. The Labute approximate surface area is 136 Å². The quantitative estimate of drug-likeness (QED) is 0.840. The van der Waals surface area contributed by atoms with Crippen molar-refractivity contribution >= 4 is 32.4 Å². The Morgan fingerprint density at radius 2 is 2.19 bits per heavy atom. The first kappa shape index (κ1) is 15.0. The van der Waals surface area contributed by atoms with Crippen LogP contribution in [0.4, 0.5) is 5.13 Å². The average molecular weight is 372 g/mol. The smallest absolute Gasteiger partial charge is 0.182 e. The topological polar surface area (TPSA) is 55.2 Å². The van der Waals surface area contributed by atoms with Gasteiger partial charge in [-0.05, 0) is 15.9 Å². The van der Waals surface area contributed by atoms with Crippen molar-refractivity contribution in [3.8, 4) is 0 Å². The molecule has 0 aliphatic carbocycles. The van der Waals surface area contributed by atoms with Crippen LogP contribution in [0, 0.1) is 0 Å². The van der Waals surface area contributed by atoms with E-state index in [9.17, 15) is 0 Å². The summed E-state index contributed by atoms with van der Waals surface area (Å²) in [5.41, 5.74) is 0. The maximum atomic E-state index is 5.34. The lowest BCUT2D eigenvalue weighted by Gasteiger charge is -2.26. The zero-order chi connectivity index (χ0) is 14.5. The second kappa shape index (κ2) is 7.35. The number of nitrogens with zero attached hydrogens (tertiary/aromatic N) is 4. The van der Waals surface area contributed by atoms with Crippen molar-refractivity contribution in [3.05, 3.63) is 27.9 Å². The zero-order valence-electron chi connectivity index (χ0n) is 11.7. The van der Waals surface area contributed by atoms with Gasteiger partial charge in [0, 0.05) is 43.4 Å². The van der Waals surface area contributed by atoms with E-state index in [-0.39, 0.29) is 0 Å². The summed E-state index contributed by atoms with van der Waals surface area (Å²) in [6.07, 6.45) is 5.67. The van der Waals surface area contributed by atoms with Crippen molar-refractivity contribution < 1.29 is 4.74 Å². The van der Waals surface area contributed by atoms with Crippen LogP contribution in [0.25, 0.3) is 0 Å². The van der Waals surface area contributed by atoms with Crippen LogP contribution in [0.15, 0.2) is 23.1 Å².